The number of esters is 1. The third kappa shape index (κ3) is 4.25. The predicted molar refractivity (Wildman–Crippen MR) is 112 cm³/mol. The number of anilines is 2. The average Bonchev–Trinajstić information content (AvgIpc) is 2.91. The summed E-state index contributed by atoms with van der Waals surface area (Å²) >= 11 is 0. The number of benzene rings is 3. The van der Waals surface area contributed by atoms with Crippen molar-refractivity contribution in [3.8, 4) is 5.75 Å². The Morgan fingerprint density at radius 2 is 1.77 bits per heavy atom. The van der Waals surface area contributed by atoms with Gasteiger partial charge in [0.15, 0.2) is 6.61 Å². The number of para-hydroxylation sites is 2. The smallest absolute Gasteiger partial charge is 0.326 e. The molecule has 1 heterocycles. The summed E-state index contributed by atoms with van der Waals surface area (Å²) in [6.07, 6.45) is 0.156. The quantitative estimate of drug-likeness (QED) is 0.661. The molecule has 1 N–H and O–H groups in total. The molecule has 4 rings (SSSR count). The van der Waals surface area contributed by atoms with Crippen LogP contribution in [0.25, 0.3) is 10.8 Å². The predicted octanol–water partition coefficient (Wildman–Crippen LogP) is 3.14. The van der Waals surface area contributed by atoms with E-state index in [9.17, 15) is 14.4 Å². The third-order valence-corrected chi connectivity index (χ3v) is 4.75. The first-order valence-corrected chi connectivity index (χ1v) is 9.57. The SMILES string of the molecule is O=C(COC(=O)CN1C(=O)CCOc2ccccc21)Nc1cccc2ccccc12. The Morgan fingerprint density at radius 1 is 1.00 bits per heavy atom. The summed E-state index contributed by atoms with van der Waals surface area (Å²) in [6.45, 7) is -0.488. The molecule has 0 bridgehead atoms. The minimum atomic E-state index is -0.673. The van der Waals surface area contributed by atoms with Crippen molar-refractivity contribution in [1.82, 2.24) is 0 Å². The summed E-state index contributed by atoms with van der Waals surface area (Å²) in [5, 5.41) is 4.65. The highest BCUT2D eigenvalue weighted by Gasteiger charge is 2.25. The van der Waals surface area contributed by atoms with Crippen LogP contribution >= 0.6 is 0 Å². The van der Waals surface area contributed by atoms with Gasteiger partial charge < -0.3 is 14.8 Å². The molecule has 0 saturated carbocycles. The van der Waals surface area contributed by atoms with Crippen molar-refractivity contribution < 1.29 is 23.9 Å². The number of hydrogen-bond donors (Lipinski definition) is 1. The van der Waals surface area contributed by atoms with E-state index >= 15 is 0 Å². The Morgan fingerprint density at radius 3 is 2.67 bits per heavy atom. The number of nitrogens with zero attached hydrogens (tertiary/aromatic N) is 1. The number of amides is 2. The molecule has 3 aromatic rings. The molecule has 0 radical (unpaired) electrons. The zero-order chi connectivity index (χ0) is 20.9. The van der Waals surface area contributed by atoms with E-state index in [-0.39, 0.29) is 25.5 Å². The van der Waals surface area contributed by atoms with Crippen LogP contribution in [0, 0.1) is 0 Å². The fourth-order valence-corrected chi connectivity index (χ4v) is 3.33. The Labute approximate surface area is 173 Å². The Kier molecular flexibility index (Phi) is 5.61. The lowest BCUT2D eigenvalue weighted by Crippen LogP contribution is -2.37. The largest absolute Gasteiger partial charge is 0.491 e. The molecule has 7 heteroatoms. The molecule has 30 heavy (non-hydrogen) atoms. The second-order valence-electron chi connectivity index (χ2n) is 6.78. The van der Waals surface area contributed by atoms with Crippen molar-refractivity contribution in [2.75, 3.05) is 30.0 Å². The fourth-order valence-electron chi connectivity index (χ4n) is 3.33. The van der Waals surface area contributed by atoms with Crippen LogP contribution in [-0.4, -0.2) is 37.5 Å². The monoisotopic (exact) mass is 404 g/mol. The fraction of sp³-hybridized carbons (Fsp3) is 0.174. The third-order valence-electron chi connectivity index (χ3n) is 4.75. The van der Waals surface area contributed by atoms with Gasteiger partial charge in [-0.3, -0.25) is 19.3 Å². The molecule has 1 aliphatic heterocycles. The standard InChI is InChI=1S/C23H20N2O5/c26-21(24-18-9-5-7-16-6-1-2-8-17(16)18)15-30-23(28)14-25-19-10-3-4-11-20(19)29-13-12-22(25)27/h1-11H,12-15H2,(H,24,26). The maximum atomic E-state index is 12.4. The van der Waals surface area contributed by atoms with Gasteiger partial charge in [-0.05, 0) is 23.6 Å². The van der Waals surface area contributed by atoms with Gasteiger partial charge in [-0.2, -0.15) is 0 Å². The highest BCUT2D eigenvalue weighted by atomic mass is 16.5. The molecule has 2 amide bonds. The Balaban J connectivity index is 1.38. The highest BCUT2D eigenvalue weighted by molar-refractivity contribution is 6.03. The average molecular weight is 404 g/mol. The van der Waals surface area contributed by atoms with E-state index in [2.05, 4.69) is 5.32 Å². The molecule has 0 fully saturated rings. The first kappa shape index (κ1) is 19.4. The molecule has 0 atom stereocenters. The molecule has 0 aromatic heterocycles. The molecular weight excluding hydrogens is 384 g/mol. The van der Waals surface area contributed by atoms with Crippen molar-refractivity contribution >= 4 is 39.9 Å². The summed E-state index contributed by atoms with van der Waals surface area (Å²) in [5.41, 5.74) is 1.15. The van der Waals surface area contributed by atoms with Gasteiger partial charge in [-0.15, -0.1) is 0 Å². The summed E-state index contributed by atoms with van der Waals surface area (Å²) < 4.78 is 10.7. The number of carbonyl (C=O) groups excluding carboxylic acids is 3. The van der Waals surface area contributed by atoms with Crippen molar-refractivity contribution in [2.45, 2.75) is 6.42 Å². The Hall–Kier alpha value is -3.87. The zero-order valence-corrected chi connectivity index (χ0v) is 16.2. The molecule has 0 spiro atoms. The van der Waals surface area contributed by atoms with E-state index in [0.29, 0.717) is 17.1 Å². The van der Waals surface area contributed by atoms with E-state index in [1.165, 1.54) is 4.90 Å². The molecule has 0 saturated heterocycles. The van der Waals surface area contributed by atoms with Crippen molar-refractivity contribution in [1.29, 1.82) is 0 Å². The van der Waals surface area contributed by atoms with Crippen LogP contribution in [0.3, 0.4) is 0 Å². The van der Waals surface area contributed by atoms with Crippen LogP contribution in [0.4, 0.5) is 11.4 Å². The summed E-state index contributed by atoms with van der Waals surface area (Å²) in [6, 6.07) is 20.2. The van der Waals surface area contributed by atoms with Crippen LogP contribution in [-0.2, 0) is 19.1 Å². The van der Waals surface area contributed by atoms with Gasteiger partial charge in [0, 0.05) is 11.1 Å². The molecule has 152 valence electrons. The first-order valence-electron chi connectivity index (χ1n) is 9.57. The summed E-state index contributed by atoms with van der Waals surface area (Å²) in [4.78, 5) is 38.3. The molecular formula is C23H20N2O5. The minimum absolute atomic E-state index is 0.156. The number of carbonyl (C=O) groups is 3. The molecule has 0 unspecified atom stereocenters. The van der Waals surface area contributed by atoms with Gasteiger partial charge in [-0.25, -0.2) is 0 Å². The van der Waals surface area contributed by atoms with Crippen LogP contribution < -0.4 is 15.0 Å². The van der Waals surface area contributed by atoms with Crippen LogP contribution in [0.5, 0.6) is 5.75 Å². The molecule has 1 aliphatic rings. The van der Waals surface area contributed by atoms with E-state index in [4.69, 9.17) is 9.47 Å². The van der Waals surface area contributed by atoms with E-state index in [1.54, 1.807) is 30.3 Å². The van der Waals surface area contributed by atoms with E-state index < -0.39 is 18.5 Å². The van der Waals surface area contributed by atoms with Crippen molar-refractivity contribution in [3.63, 3.8) is 0 Å². The minimum Gasteiger partial charge on any atom is -0.491 e. The lowest BCUT2D eigenvalue weighted by Gasteiger charge is -2.20. The van der Waals surface area contributed by atoms with Crippen LogP contribution in [0.15, 0.2) is 66.7 Å². The van der Waals surface area contributed by atoms with Gasteiger partial charge in [0.1, 0.15) is 12.3 Å². The molecule has 3 aromatic carbocycles. The van der Waals surface area contributed by atoms with Crippen molar-refractivity contribution in [3.05, 3.63) is 66.7 Å². The van der Waals surface area contributed by atoms with Crippen LogP contribution in [0.1, 0.15) is 6.42 Å². The zero-order valence-electron chi connectivity index (χ0n) is 16.2. The summed E-state index contributed by atoms with van der Waals surface area (Å²) in [5.74, 6) is -0.833. The second-order valence-corrected chi connectivity index (χ2v) is 6.78. The topological polar surface area (TPSA) is 84.9 Å². The van der Waals surface area contributed by atoms with Gasteiger partial charge >= 0.3 is 5.97 Å². The first-order chi connectivity index (χ1) is 14.6. The van der Waals surface area contributed by atoms with Crippen LogP contribution in [0.2, 0.25) is 0 Å². The Bertz CT molecular complexity index is 1110. The maximum Gasteiger partial charge on any atom is 0.326 e. The lowest BCUT2D eigenvalue weighted by atomic mass is 10.1. The van der Waals surface area contributed by atoms with Gasteiger partial charge in [0.2, 0.25) is 5.91 Å². The normalized spacial score (nSPS) is 13.2. The number of rotatable bonds is 5. The number of nitrogens with one attached hydrogen (secondary N) is 1. The van der Waals surface area contributed by atoms with Gasteiger partial charge in [0.05, 0.1) is 18.7 Å². The summed E-state index contributed by atoms with van der Waals surface area (Å²) in [7, 11) is 0. The maximum absolute atomic E-state index is 12.4. The molecule has 0 aliphatic carbocycles. The highest BCUT2D eigenvalue weighted by Crippen LogP contribution is 2.30. The van der Waals surface area contributed by atoms with E-state index in [1.807, 2.05) is 36.4 Å². The van der Waals surface area contributed by atoms with Crippen molar-refractivity contribution in [2.24, 2.45) is 0 Å². The molecule has 7 nitrogen and oxygen atoms in total. The number of ether oxygens (including phenoxy) is 2. The second kappa shape index (κ2) is 8.65. The van der Waals surface area contributed by atoms with E-state index in [0.717, 1.165) is 10.8 Å². The van der Waals surface area contributed by atoms with Gasteiger partial charge in [0.25, 0.3) is 5.91 Å². The van der Waals surface area contributed by atoms with Gasteiger partial charge in [-0.1, -0.05) is 48.5 Å². The lowest BCUT2D eigenvalue weighted by molar-refractivity contribution is -0.146. The number of hydrogen-bond acceptors (Lipinski definition) is 5. The number of fused-ring (bicyclic) bond motifs is 2.